The summed E-state index contributed by atoms with van der Waals surface area (Å²) in [6.07, 6.45) is 0. The first-order valence-corrected chi connectivity index (χ1v) is 15.4. The molecule has 1 aromatic rings. The number of rotatable bonds is 6. The maximum atomic E-state index is 10.9. The second-order valence-corrected chi connectivity index (χ2v) is 20.3. The van der Waals surface area contributed by atoms with Crippen molar-refractivity contribution in [3.05, 3.63) is 35.9 Å². The summed E-state index contributed by atoms with van der Waals surface area (Å²) in [4.78, 5) is 0. The number of benzene rings is 1. The predicted octanol–water partition coefficient (Wildman–Crippen LogP) is 6.02. The molecule has 0 aromatic heterocycles. The van der Waals surface area contributed by atoms with Crippen LogP contribution in [0.1, 0.15) is 47.1 Å². The molecule has 3 heteroatoms. The van der Waals surface area contributed by atoms with Gasteiger partial charge in [0.1, 0.15) is 8.07 Å². The Balaban J connectivity index is 3.94. The molecule has 1 aromatic carbocycles. The number of aliphatic hydroxyl groups is 1. The smallest absolute Gasteiger partial charge is 0.129 e. The van der Waals surface area contributed by atoms with Crippen molar-refractivity contribution in [2.75, 3.05) is 6.61 Å². The largest absolute Gasteiger partial charge is 0.395 e. The molecule has 25 heavy (non-hydrogen) atoms. The van der Waals surface area contributed by atoms with Gasteiger partial charge in [-0.3, -0.25) is 0 Å². The Morgan fingerprint density at radius 3 is 1.64 bits per heavy atom. The predicted molar refractivity (Wildman–Crippen MR) is 117 cm³/mol. The van der Waals surface area contributed by atoms with Crippen LogP contribution in [0.3, 0.4) is 0 Å². The molecular weight excluding hydrogens is 336 g/mol. The monoisotopic (exact) mass is 374 g/mol. The van der Waals surface area contributed by atoms with Crippen molar-refractivity contribution < 1.29 is 5.11 Å². The molecule has 0 radical (unpaired) electrons. The molecule has 1 N–H and O–H groups in total. The van der Waals surface area contributed by atoms with Crippen LogP contribution in [-0.4, -0.2) is 27.9 Å². The van der Waals surface area contributed by atoms with E-state index in [1.54, 1.807) is 0 Å². The Bertz CT molecular complexity index is 581. The summed E-state index contributed by atoms with van der Waals surface area (Å²) in [5.74, 6) is 3.75. The first kappa shape index (κ1) is 22.2. The Kier molecular flexibility index (Phi) is 7.33. The van der Waals surface area contributed by atoms with Crippen molar-refractivity contribution in [2.24, 2.45) is 0 Å². The molecule has 1 atom stereocenters. The van der Waals surface area contributed by atoms with Crippen molar-refractivity contribution in [3.63, 3.8) is 0 Å². The second-order valence-electron chi connectivity index (χ2n) is 9.33. The molecule has 0 aliphatic heterocycles. The second kappa shape index (κ2) is 8.25. The first-order valence-electron chi connectivity index (χ1n) is 9.66. The molecule has 1 rings (SSSR count). The van der Waals surface area contributed by atoms with Crippen molar-refractivity contribution >= 4 is 16.1 Å². The average molecular weight is 375 g/mol. The lowest BCUT2D eigenvalue weighted by Gasteiger charge is -2.54. The van der Waals surface area contributed by atoms with E-state index in [2.05, 4.69) is 103 Å². The Hall–Kier alpha value is -0.826. The van der Waals surface area contributed by atoms with Crippen LogP contribution < -0.4 is 0 Å². The van der Waals surface area contributed by atoms with Crippen LogP contribution in [0.5, 0.6) is 0 Å². The SMILES string of the molecule is CC(C)[Si](C(C)C)(C(C)C)[C@](C#C[Si](C)(C)C)(CO)c1ccccc1. The molecule has 0 bridgehead atoms. The molecule has 0 spiro atoms. The summed E-state index contributed by atoms with van der Waals surface area (Å²) in [5.41, 5.74) is 6.47. The standard InChI is InChI=1S/C22H38OSi2/c1-18(2)25(19(3)4,20(5)6)22(17-23,15-16-24(7,8)9)21-13-11-10-12-14-21/h10-14,18-20,23H,17H2,1-9H3/t22-/m1/s1. The Morgan fingerprint density at radius 1 is 0.880 bits per heavy atom. The molecule has 0 unspecified atom stereocenters. The summed E-state index contributed by atoms with van der Waals surface area (Å²) in [6.45, 7) is 21.1. The fourth-order valence-corrected chi connectivity index (χ4v) is 14.1. The maximum absolute atomic E-state index is 10.9. The maximum Gasteiger partial charge on any atom is 0.129 e. The lowest BCUT2D eigenvalue weighted by Crippen LogP contribution is -2.63. The van der Waals surface area contributed by atoms with Gasteiger partial charge in [0, 0.05) is 0 Å². The van der Waals surface area contributed by atoms with E-state index in [0.29, 0.717) is 16.6 Å². The summed E-state index contributed by atoms with van der Waals surface area (Å²) in [6, 6.07) is 10.6. The van der Waals surface area contributed by atoms with Crippen LogP contribution in [0, 0.1) is 11.5 Å². The average Bonchev–Trinajstić information content (AvgIpc) is 2.50. The van der Waals surface area contributed by atoms with Crippen LogP contribution in [0.2, 0.25) is 36.3 Å². The summed E-state index contributed by atoms with van der Waals surface area (Å²) in [7, 11) is -3.60. The molecule has 0 saturated heterocycles. The molecular formula is C22H38OSi2. The number of hydrogen-bond donors (Lipinski definition) is 1. The van der Waals surface area contributed by atoms with Crippen molar-refractivity contribution in [1.29, 1.82) is 0 Å². The van der Waals surface area contributed by atoms with Gasteiger partial charge < -0.3 is 5.11 Å². The summed E-state index contributed by atoms with van der Waals surface area (Å²) in [5, 5.41) is 10.4. The third-order valence-corrected chi connectivity index (χ3v) is 14.4. The van der Waals surface area contributed by atoms with Gasteiger partial charge in [-0.1, -0.05) is 97.4 Å². The minimum atomic E-state index is -2.05. The fraction of sp³-hybridized carbons (Fsp3) is 0.636. The molecule has 0 heterocycles. The van der Waals surface area contributed by atoms with Crippen molar-refractivity contribution in [1.82, 2.24) is 0 Å². The molecule has 0 aliphatic carbocycles. The van der Waals surface area contributed by atoms with E-state index >= 15 is 0 Å². The zero-order chi connectivity index (χ0) is 19.5. The highest BCUT2D eigenvalue weighted by Gasteiger charge is 2.58. The van der Waals surface area contributed by atoms with Gasteiger partial charge in [-0.15, -0.1) is 5.54 Å². The third kappa shape index (κ3) is 4.13. The Labute approximate surface area is 158 Å². The highest BCUT2D eigenvalue weighted by Crippen LogP contribution is 2.53. The molecule has 0 amide bonds. The molecule has 0 saturated carbocycles. The number of hydrogen-bond acceptors (Lipinski definition) is 1. The van der Waals surface area contributed by atoms with E-state index in [1.165, 1.54) is 5.56 Å². The van der Waals surface area contributed by atoms with Crippen molar-refractivity contribution in [3.8, 4) is 11.5 Å². The zero-order valence-corrected chi connectivity index (χ0v) is 19.8. The highest BCUT2D eigenvalue weighted by atomic mass is 28.3. The molecule has 140 valence electrons. The van der Waals surface area contributed by atoms with Crippen LogP contribution in [0.15, 0.2) is 30.3 Å². The number of aliphatic hydroxyl groups excluding tert-OH is 1. The van der Waals surface area contributed by atoms with Crippen LogP contribution in [0.4, 0.5) is 0 Å². The minimum absolute atomic E-state index is 0.120. The van der Waals surface area contributed by atoms with E-state index < -0.39 is 21.2 Å². The molecule has 0 fully saturated rings. The van der Waals surface area contributed by atoms with Gasteiger partial charge in [-0.25, -0.2) is 0 Å². The highest BCUT2D eigenvalue weighted by molar-refractivity contribution is 6.87. The van der Waals surface area contributed by atoms with E-state index in [4.69, 9.17) is 0 Å². The van der Waals surface area contributed by atoms with Gasteiger partial charge in [-0.2, -0.15) is 0 Å². The zero-order valence-electron chi connectivity index (χ0n) is 17.8. The lowest BCUT2D eigenvalue weighted by atomic mass is 9.99. The first-order chi connectivity index (χ1) is 11.5. The lowest BCUT2D eigenvalue weighted by molar-refractivity contribution is 0.261. The van der Waals surface area contributed by atoms with E-state index in [9.17, 15) is 5.11 Å². The van der Waals surface area contributed by atoms with Crippen molar-refractivity contribution in [2.45, 2.75) is 82.8 Å². The fourth-order valence-electron chi connectivity index (χ4n) is 5.19. The minimum Gasteiger partial charge on any atom is -0.395 e. The topological polar surface area (TPSA) is 20.2 Å². The van der Waals surface area contributed by atoms with Gasteiger partial charge in [0.25, 0.3) is 0 Å². The van der Waals surface area contributed by atoms with Gasteiger partial charge in [0.05, 0.1) is 19.7 Å². The molecule has 0 aliphatic rings. The third-order valence-electron chi connectivity index (χ3n) is 5.76. The van der Waals surface area contributed by atoms with E-state index in [0.717, 1.165) is 0 Å². The summed E-state index contributed by atoms with van der Waals surface area (Å²) >= 11 is 0. The van der Waals surface area contributed by atoms with Gasteiger partial charge in [-0.05, 0) is 22.2 Å². The van der Waals surface area contributed by atoms with Gasteiger partial charge >= 0.3 is 0 Å². The van der Waals surface area contributed by atoms with Crippen LogP contribution in [0.25, 0.3) is 0 Å². The van der Waals surface area contributed by atoms with Gasteiger partial charge in [0.15, 0.2) is 0 Å². The normalized spacial score (nSPS) is 15.2. The Morgan fingerprint density at radius 2 is 1.32 bits per heavy atom. The summed E-state index contributed by atoms with van der Waals surface area (Å²) < 4.78 is 0. The quantitative estimate of drug-likeness (QED) is 0.477. The van der Waals surface area contributed by atoms with Crippen LogP contribution >= 0.6 is 0 Å². The molecule has 1 nitrogen and oxygen atoms in total. The van der Waals surface area contributed by atoms with Crippen LogP contribution in [-0.2, 0) is 5.04 Å². The van der Waals surface area contributed by atoms with Gasteiger partial charge in [0.2, 0.25) is 0 Å². The van der Waals surface area contributed by atoms with E-state index in [-0.39, 0.29) is 6.61 Å². The van der Waals surface area contributed by atoms with E-state index in [1.807, 2.05) is 0 Å².